The molecule has 4 rings (SSSR count). The van der Waals surface area contributed by atoms with Crippen molar-refractivity contribution in [3.63, 3.8) is 0 Å². The van der Waals surface area contributed by atoms with Crippen molar-refractivity contribution in [2.75, 3.05) is 19.5 Å². The number of methoxy groups -OCH3 is 2. The summed E-state index contributed by atoms with van der Waals surface area (Å²) in [6.45, 7) is 0. The summed E-state index contributed by atoms with van der Waals surface area (Å²) >= 11 is 12.2. The topological polar surface area (TPSA) is 56.3 Å². The van der Waals surface area contributed by atoms with E-state index in [0.717, 1.165) is 22.2 Å². The second-order valence-corrected chi connectivity index (χ2v) is 7.05. The minimum atomic E-state index is 0.451. The van der Waals surface area contributed by atoms with Crippen LogP contribution in [0.5, 0.6) is 11.5 Å². The van der Waals surface area contributed by atoms with Gasteiger partial charge in [0.25, 0.3) is 0 Å². The van der Waals surface area contributed by atoms with E-state index in [9.17, 15) is 0 Å². The number of ether oxygens (including phenoxy) is 2. The third-order valence-corrected chi connectivity index (χ3v) is 5.18. The Kier molecular flexibility index (Phi) is 5.43. The number of aromatic nitrogens is 2. The Morgan fingerprint density at radius 1 is 0.828 bits per heavy atom. The predicted octanol–water partition coefficient (Wildman–Crippen LogP) is 6.36. The molecule has 0 fully saturated rings. The fourth-order valence-corrected chi connectivity index (χ4v) is 3.26. The van der Waals surface area contributed by atoms with Crippen molar-refractivity contribution in [1.82, 2.24) is 9.97 Å². The Hall–Kier alpha value is -3.02. The number of nitrogens with zero attached hydrogens (tertiary/aromatic N) is 2. The molecule has 0 saturated carbocycles. The van der Waals surface area contributed by atoms with E-state index in [4.69, 9.17) is 37.7 Å². The van der Waals surface area contributed by atoms with Crippen LogP contribution in [-0.2, 0) is 0 Å². The van der Waals surface area contributed by atoms with E-state index in [-0.39, 0.29) is 0 Å². The molecule has 1 heterocycles. The van der Waals surface area contributed by atoms with Crippen LogP contribution in [0.4, 0.5) is 11.5 Å². The summed E-state index contributed by atoms with van der Waals surface area (Å²) < 4.78 is 10.8. The number of fused-ring (bicyclic) bond motifs is 1. The SMILES string of the molecule is COc1ccc(Nc2nc(-c3ccc(Cl)c(Cl)c3)nc3ccccc23)c(OC)c1. The summed E-state index contributed by atoms with van der Waals surface area (Å²) in [5, 5.41) is 5.18. The lowest BCUT2D eigenvalue weighted by molar-refractivity contribution is 0.395. The lowest BCUT2D eigenvalue weighted by Gasteiger charge is -2.14. The number of halogens is 2. The number of para-hydroxylation sites is 1. The second-order valence-electron chi connectivity index (χ2n) is 6.23. The Morgan fingerprint density at radius 3 is 2.41 bits per heavy atom. The van der Waals surface area contributed by atoms with E-state index in [1.807, 2.05) is 48.5 Å². The molecule has 0 aliphatic rings. The number of anilines is 2. The van der Waals surface area contributed by atoms with Crippen molar-refractivity contribution in [2.45, 2.75) is 0 Å². The Morgan fingerprint density at radius 2 is 1.66 bits per heavy atom. The Bertz CT molecular complexity index is 1200. The fraction of sp³-hybridized carbons (Fsp3) is 0.0909. The van der Waals surface area contributed by atoms with E-state index >= 15 is 0 Å². The molecule has 1 aromatic heterocycles. The zero-order valence-electron chi connectivity index (χ0n) is 15.7. The molecule has 4 aromatic rings. The first kappa shape index (κ1) is 19.3. The normalized spacial score (nSPS) is 10.8. The molecular weight excluding hydrogens is 409 g/mol. The Labute approximate surface area is 178 Å². The largest absolute Gasteiger partial charge is 0.497 e. The maximum Gasteiger partial charge on any atom is 0.162 e. The summed E-state index contributed by atoms with van der Waals surface area (Å²) in [6.07, 6.45) is 0. The first-order valence-corrected chi connectivity index (χ1v) is 9.56. The van der Waals surface area contributed by atoms with E-state index in [1.54, 1.807) is 26.4 Å². The molecule has 0 amide bonds. The number of hydrogen-bond acceptors (Lipinski definition) is 5. The van der Waals surface area contributed by atoms with Crippen LogP contribution in [0.2, 0.25) is 10.0 Å². The molecule has 0 spiro atoms. The standard InChI is InChI=1S/C22H17Cl2N3O2/c1-28-14-8-10-19(20(12-14)29-2)26-22-15-5-3-4-6-18(15)25-21(27-22)13-7-9-16(23)17(24)11-13/h3-12H,1-2H3,(H,25,26,27). The van der Waals surface area contributed by atoms with Crippen LogP contribution in [0.25, 0.3) is 22.3 Å². The zero-order valence-corrected chi connectivity index (χ0v) is 17.3. The third kappa shape index (κ3) is 3.92. The maximum atomic E-state index is 6.19. The van der Waals surface area contributed by atoms with E-state index in [0.29, 0.717) is 33.2 Å². The minimum absolute atomic E-state index is 0.451. The van der Waals surface area contributed by atoms with Gasteiger partial charge in [0, 0.05) is 17.0 Å². The summed E-state index contributed by atoms with van der Waals surface area (Å²) in [4.78, 5) is 9.43. The van der Waals surface area contributed by atoms with Gasteiger partial charge < -0.3 is 14.8 Å². The van der Waals surface area contributed by atoms with Gasteiger partial charge in [-0.2, -0.15) is 0 Å². The second kappa shape index (κ2) is 8.15. The monoisotopic (exact) mass is 425 g/mol. The highest BCUT2D eigenvalue weighted by molar-refractivity contribution is 6.42. The van der Waals surface area contributed by atoms with E-state index < -0.39 is 0 Å². The van der Waals surface area contributed by atoms with Gasteiger partial charge in [-0.3, -0.25) is 0 Å². The predicted molar refractivity (Wildman–Crippen MR) is 118 cm³/mol. The third-order valence-electron chi connectivity index (χ3n) is 4.44. The van der Waals surface area contributed by atoms with Gasteiger partial charge in [0.15, 0.2) is 5.82 Å². The van der Waals surface area contributed by atoms with Gasteiger partial charge in [0.1, 0.15) is 17.3 Å². The van der Waals surface area contributed by atoms with Crippen molar-refractivity contribution in [1.29, 1.82) is 0 Å². The fourth-order valence-electron chi connectivity index (χ4n) is 2.97. The van der Waals surface area contributed by atoms with Gasteiger partial charge in [0.2, 0.25) is 0 Å². The highest BCUT2D eigenvalue weighted by Crippen LogP contribution is 2.34. The van der Waals surface area contributed by atoms with Crippen LogP contribution >= 0.6 is 23.2 Å². The van der Waals surface area contributed by atoms with Gasteiger partial charge in [-0.1, -0.05) is 35.3 Å². The number of rotatable bonds is 5. The van der Waals surface area contributed by atoms with Crippen molar-refractivity contribution in [2.24, 2.45) is 0 Å². The molecule has 146 valence electrons. The van der Waals surface area contributed by atoms with Crippen LogP contribution < -0.4 is 14.8 Å². The van der Waals surface area contributed by atoms with Gasteiger partial charge in [-0.05, 0) is 42.5 Å². The lowest BCUT2D eigenvalue weighted by Crippen LogP contribution is -2.01. The average molecular weight is 426 g/mol. The van der Waals surface area contributed by atoms with E-state index in [2.05, 4.69) is 10.3 Å². The molecule has 29 heavy (non-hydrogen) atoms. The zero-order chi connectivity index (χ0) is 20.4. The Balaban J connectivity index is 1.84. The smallest absolute Gasteiger partial charge is 0.162 e. The molecule has 0 atom stereocenters. The summed E-state index contributed by atoms with van der Waals surface area (Å²) in [7, 11) is 3.22. The van der Waals surface area contributed by atoms with Crippen molar-refractivity contribution in [3.05, 3.63) is 70.7 Å². The summed E-state index contributed by atoms with van der Waals surface area (Å²) in [6, 6.07) is 18.7. The molecule has 3 aromatic carbocycles. The number of hydrogen-bond donors (Lipinski definition) is 1. The molecule has 0 aliphatic heterocycles. The quantitative estimate of drug-likeness (QED) is 0.402. The van der Waals surface area contributed by atoms with Gasteiger partial charge in [-0.25, -0.2) is 9.97 Å². The molecule has 5 nitrogen and oxygen atoms in total. The highest BCUT2D eigenvalue weighted by atomic mass is 35.5. The maximum absolute atomic E-state index is 6.19. The van der Waals surface area contributed by atoms with Crippen molar-refractivity contribution in [3.8, 4) is 22.9 Å². The molecule has 0 radical (unpaired) electrons. The summed E-state index contributed by atoms with van der Waals surface area (Å²) in [5.74, 6) is 2.54. The first-order valence-electron chi connectivity index (χ1n) is 8.80. The highest BCUT2D eigenvalue weighted by Gasteiger charge is 2.13. The molecule has 0 aliphatic carbocycles. The molecule has 0 saturated heterocycles. The molecule has 0 bridgehead atoms. The lowest BCUT2D eigenvalue weighted by atomic mass is 10.1. The average Bonchev–Trinajstić information content (AvgIpc) is 2.75. The van der Waals surface area contributed by atoms with Crippen LogP contribution in [-0.4, -0.2) is 24.2 Å². The van der Waals surface area contributed by atoms with Gasteiger partial charge in [-0.15, -0.1) is 0 Å². The van der Waals surface area contributed by atoms with Crippen molar-refractivity contribution >= 4 is 45.6 Å². The molecular formula is C22H17Cl2N3O2. The van der Waals surface area contributed by atoms with E-state index in [1.165, 1.54) is 0 Å². The van der Waals surface area contributed by atoms with Crippen LogP contribution in [0, 0.1) is 0 Å². The number of benzene rings is 3. The molecule has 0 unspecified atom stereocenters. The van der Waals surface area contributed by atoms with Crippen LogP contribution in [0.1, 0.15) is 0 Å². The molecule has 1 N–H and O–H groups in total. The number of nitrogens with one attached hydrogen (secondary N) is 1. The molecule has 7 heteroatoms. The van der Waals surface area contributed by atoms with Gasteiger partial charge in [0.05, 0.1) is 35.5 Å². The minimum Gasteiger partial charge on any atom is -0.497 e. The first-order chi connectivity index (χ1) is 14.1. The summed E-state index contributed by atoms with van der Waals surface area (Å²) in [5.41, 5.74) is 2.34. The van der Waals surface area contributed by atoms with Crippen molar-refractivity contribution < 1.29 is 9.47 Å². The van der Waals surface area contributed by atoms with Crippen LogP contribution in [0.3, 0.4) is 0 Å². The van der Waals surface area contributed by atoms with Crippen LogP contribution in [0.15, 0.2) is 60.7 Å². The van der Waals surface area contributed by atoms with Gasteiger partial charge >= 0.3 is 0 Å².